The lowest BCUT2D eigenvalue weighted by molar-refractivity contribution is 0.0983. The van der Waals surface area contributed by atoms with E-state index in [1.54, 1.807) is 11.8 Å². The van der Waals surface area contributed by atoms with Crippen molar-refractivity contribution in [2.45, 2.75) is 64.5 Å². The molecule has 7 nitrogen and oxygen atoms in total. The van der Waals surface area contributed by atoms with Crippen LogP contribution < -0.4 is 21.5 Å². The van der Waals surface area contributed by atoms with Gasteiger partial charge in [-0.25, -0.2) is 4.79 Å². The second-order valence-electron chi connectivity index (χ2n) is 7.53. The molecule has 0 spiro atoms. The number of nitrogens with zero attached hydrogens (tertiary/aromatic N) is 1. The number of ether oxygens (including phenoxy) is 1. The normalized spacial score (nSPS) is 24.5. The van der Waals surface area contributed by atoms with E-state index in [-0.39, 0.29) is 18.2 Å². The quantitative estimate of drug-likeness (QED) is 0.781. The van der Waals surface area contributed by atoms with E-state index in [9.17, 15) is 14.4 Å². The molecular weight excluding hydrogens is 334 g/mol. The van der Waals surface area contributed by atoms with Crippen LogP contribution in [-0.4, -0.2) is 42.8 Å². The van der Waals surface area contributed by atoms with E-state index in [0.717, 1.165) is 32.1 Å². The number of anilines is 2. The molecule has 2 atom stereocenters. The van der Waals surface area contributed by atoms with E-state index >= 15 is 0 Å². The van der Waals surface area contributed by atoms with Gasteiger partial charge in [0.1, 0.15) is 11.4 Å². The predicted octanol–water partition coefficient (Wildman–Crippen LogP) is 2.31. The summed E-state index contributed by atoms with van der Waals surface area (Å²) in [4.78, 5) is 37.5. The summed E-state index contributed by atoms with van der Waals surface area (Å²) in [6, 6.07) is 0.353. The van der Waals surface area contributed by atoms with Crippen LogP contribution in [0.1, 0.15) is 52.4 Å². The molecule has 0 aromatic heterocycles. The van der Waals surface area contributed by atoms with Crippen molar-refractivity contribution < 1.29 is 9.53 Å². The fourth-order valence-electron chi connectivity index (χ4n) is 4.01. The largest absolute Gasteiger partial charge is 0.450 e. The molecule has 1 saturated carbocycles. The second-order valence-corrected chi connectivity index (χ2v) is 7.53. The number of amides is 1. The molecule has 0 bridgehead atoms. The number of nitrogens with one attached hydrogen (secondary N) is 2. The third kappa shape index (κ3) is 3.86. The van der Waals surface area contributed by atoms with Gasteiger partial charge in [-0.2, -0.15) is 0 Å². The Morgan fingerprint density at radius 3 is 2.27 bits per heavy atom. The van der Waals surface area contributed by atoms with Crippen molar-refractivity contribution in [2.75, 3.05) is 30.3 Å². The lowest BCUT2D eigenvalue weighted by Gasteiger charge is -2.34. The summed E-state index contributed by atoms with van der Waals surface area (Å²) in [5, 5.41) is 6.58. The number of carbonyl (C=O) groups is 1. The maximum Gasteiger partial charge on any atom is 0.409 e. The van der Waals surface area contributed by atoms with E-state index in [1.165, 1.54) is 6.42 Å². The first-order valence-electron chi connectivity index (χ1n) is 9.79. The van der Waals surface area contributed by atoms with E-state index in [1.807, 2.05) is 0 Å². The molecule has 3 rings (SSSR count). The van der Waals surface area contributed by atoms with Gasteiger partial charge < -0.3 is 20.3 Å². The number of likely N-dealkylation sites (tertiary alicyclic amines) is 1. The molecule has 1 heterocycles. The standard InChI is InChI=1S/C19H29N3O4/c1-3-26-19(25)22-10-8-13(9-11-22)20-15-16(18(24)17(15)23)21-14-7-5-4-6-12(14)2/h12-14,20-21H,3-11H2,1-2H3. The van der Waals surface area contributed by atoms with Gasteiger partial charge in [-0.3, -0.25) is 9.59 Å². The first-order chi connectivity index (χ1) is 12.5. The molecule has 1 saturated heterocycles. The smallest absolute Gasteiger partial charge is 0.409 e. The molecular formula is C19H29N3O4. The lowest BCUT2D eigenvalue weighted by Crippen LogP contribution is -2.46. The molecule has 2 aliphatic rings. The minimum absolute atomic E-state index is 0.0910. The molecule has 26 heavy (non-hydrogen) atoms. The van der Waals surface area contributed by atoms with Crippen LogP contribution in [0.5, 0.6) is 0 Å². The van der Waals surface area contributed by atoms with Crippen LogP contribution in [0.4, 0.5) is 16.2 Å². The van der Waals surface area contributed by atoms with Gasteiger partial charge in [0.15, 0.2) is 0 Å². The summed E-state index contributed by atoms with van der Waals surface area (Å²) in [5.41, 5.74) is 0.0574. The molecule has 2 fully saturated rings. The Morgan fingerprint density at radius 1 is 1.04 bits per heavy atom. The average molecular weight is 363 g/mol. The van der Waals surface area contributed by atoms with Crippen LogP contribution in [0, 0.1) is 5.92 Å². The fourth-order valence-corrected chi connectivity index (χ4v) is 4.01. The van der Waals surface area contributed by atoms with Gasteiger partial charge in [-0.1, -0.05) is 19.8 Å². The van der Waals surface area contributed by atoms with E-state index < -0.39 is 10.9 Å². The van der Waals surface area contributed by atoms with Crippen molar-refractivity contribution in [1.29, 1.82) is 0 Å². The molecule has 1 aromatic carbocycles. The second kappa shape index (κ2) is 8.10. The van der Waals surface area contributed by atoms with E-state index in [4.69, 9.17) is 4.74 Å². The number of carbonyl (C=O) groups excluding carboxylic acids is 1. The highest BCUT2D eigenvalue weighted by atomic mass is 16.6. The molecule has 1 aliphatic heterocycles. The number of hydrogen-bond acceptors (Lipinski definition) is 6. The third-order valence-electron chi connectivity index (χ3n) is 5.72. The van der Waals surface area contributed by atoms with Gasteiger partial charge in [0.25, 0.3) is 10.9 Å². The molecule has 1 aromatic rings. The molecule has 2 N–H and O–H groups in total. The summed E-state index contributed by atoms with van der Waals surface area (Å²) in [6.07, 6.45) is 5.77. The van der Waals surface area contributed by atoms with Gasteiger partial charge >= 0.3 is 6.09 Å². The molecule has 1 amide bonds. The number of rotatable bonds is 5. The summed E-state index contributed by atoms with van der Waals surface area (Å²) in [5.74, 6) is 0.508. The monoisotopic (exact) mass is 363 g/mol. The van der Waals surface area contributed by atoms with Crippen molar-refractivity contribution >= 4 is 17.5 Å². The van der Waals surface area contributed by atoms with Gasteiger partial charge in [0, 0.05) is 25.2 Å². The Morgan fingerprint density at radius 2 is 1.65 bits per heavy atom. The SMILES string of the molecule is CCOC(=O)N1CCC(Nc2c(NC3CCCCC3C)c(=O)c2=O)CC1. The zero-order valence-electron chi connectivity index (χ0n) is 15.7. The minimum Gasteiger partial charge on any atom is -0.450 e. The summed E-state index contributed by atoms with van der Waals surface area (Å²) < 4.78 is 5.02. The predicted molar refractivity (Wildman–Crippen MR) is 102 cm³/mol. The van der Waals surface area contributed by atoms with Crippen LogP contribution in [0.25, 0.3) is 0 Å². The summed E-state index contributed by atoms with van der Waals surface area (Å²) in [6.45, 7) is 5.54. The van der Waals surface area contributed by atoms with Gasteiger partial charge in [0.2, 0.25) is 0 Å². The molecule has 2 unspecified atom stereocenters. The first kappa shape index (κ1) is 18.7. The van der Waals surface area contributed by atoms with Crippen molar-refractivity contribution in [3.05, 3.63) is 20.4 Å². The Bertz CT molecular complexity index is 702. The highest BCUT2D eigenvalue weighted by molar-refractivity contribution is 5.74. The van der Waals surface area contributed by atoms with Crippen molar-refractivity contribution in [1.82, 2.24) is 4.90 Å². The van der Waals surface area contributed by atoms with Gasteiger partial charge in [-0.05, 0) is 38.5 Å². The maximum absolute atomic E-state index is 12.0. The fraction of sp³-hybridized carbons (Fsp3) is 0.737. The van der Waals surface area contributed by atoms with Crippen LogP contribution in [0.15, 0.2) is 9.59 Å². The van der Waals surface area contributed by atoms with Crippen molar-refractivity contribution in [3.8, 4) is 0 Å². The molecule has 1 aliphatic carbocycles. The average Bonchev–Trinajstić information content (AvgIpc) is 2.66. The van der Waals surface area contributed by atoms with Gasteiger partial charge in [0.05, 0.1) is 6.61 Å². The Kier molecular flexibility index (Phi) is 5.84. The summed E-state index contributed by atoms with van der Waals surface area (Å²) >= 11 is 0. The van der Waals surface area contributed by atoms with Crippen LogP contribution in [0.2, 0.25) is 0 Å². The zero-order valence-corrected chi connectivity index (χ0v) is 15.7. The Labute approximate surface area is 153 Å². The lowest BCUT2D eigenvalue weighted by atomic mass is 9.85. The minimum atomic E-state index is -0.427. The van der Waals surface area contributed by atoms with E-state index in [0.29, 0.717) is 37.0 Å². The maximum atomic E-state index is 12.0. The summed E-state index contributed by atoms with van der Waals surface area (Å²) in [7, 11) is 0. The van der Waals surface area contributed by atoms with E-state index in [2.05, 4.69) is 17.6 Å². The molecule has 7 heteroatoms. The zero-order chi connectivity index (χ0) is 18.7. The van der Waals surface area contributed by atoms with Crippen LogP contribution >= 0.6 is 0 Å². The number of hydrogen-bond donors (Lipinski definition) is 2. The number of piperidine rings is 1. The van der Waals surface area contributed by atoms with Crippen molar-refractivity contribution in [2.24, 2.45) is 5.92 Å². The van der Waals surface area contributed by atoms with Crippen LogP contribution in [-0.2, 0) is 4.74 Å². The third-order valence-corrected chi connectivity index (χ3v) is 5.72. The highest BCUT2D eigenvalue weighted by Crippen LogP contribution is 2.28. The van der Waals surface area contributed by atoms with Gasteiger partial charge in [-0.15, -0.1) is 0 Å². The Hall–Kier alpha value is -2.05. The topological polar surface area (TPSA) is 87.7 Å². The highest BCUT2D eigenvalue weighted by Gasteiger charge is 2.30. The van der Waals surface area contributed by atoms with Crippen molar-refractivity contribution in [3.63, 3.8) is 0 Å². The molecule has 0 radical (unpaired) electrons. The molecule has 144 valence electrons. The first-order valence-corrected chi connectivity index (χ1v) is 9.79. The Balaban J connectivity index is 1.58. The van der Waals surface area contributed by atoms with Crippen LogP contribution in [0.3, 0.4) is 0 Å².